The fourth-order valence-corrected chi connectivity index (χ4v) is 1.64. The lowest BCUT2D eigenvalue weighted by atomic mass is 10.1. The Kier molecular flexibility index (Phi) is 4.38. The average Bonchev–Trinajstić information content (AvgIpc) is 2.23. The highest BCUT2D eigenvalue weighted by Crippen LogP contribution is 2.36. The molecule has 0 bridgehead atoms. The van der Waals surface area contributed by atoms with Crippen molar-refractivity contribution in [2.45, 2.75) is 13.0 Å². The molecule has 1 atom stereocenters. The number of aliphatic hydroxyl groups is 1. The van der Waals surface area contributed by atoms with Gasteiger partial charge in [0.25, 0.3) is 0 Å². The first-order valence-electron chi connectivity index (χ1n) is 4.61. The molecule has 4 nitrogen and oxygen atoms in total. The maximum atomic E-state index is 9.63. The van der Waals surface area contributed by atoms with E-state index in [1.165, 1.54) is 0 Å². The van der Waals surface area contributed by atoms with Gasteiger partial charge in [-0.3, -0.25) is 0 Å². The van der Waals surface area contributed by atoms with Crippen molar-refractivity contribution in [1.29, 1.82) is 0 Å². The highest BCUT2D eigenvalue weighted by Gasteiger charge is 2.12. The van der Waals surface area contributed by atoms with Gasteiger partial charge in [0.15, 0.2) is 11.5 Å². The summed E-state index contributed by atoms with van der Waals surface area (Å²) in [5.74, 6) is 0.413. The molecule has 0 unspecified atom stereocenters. The van der Waals surface area contributed by atoms with Crippen LogP contribution in [0.2, 0.25) is 0 Å². The fourth-order valence-electron chi connectivity index (χ4n) is 1.18. The summed E-state index contributed by atoms with van der Waals surface area (Å²) in [6, 6.07) is 2.82. The van der Waals surface area contributed by atoms with Gasteiger partial charge in [-0.1, -0.05) is 0 Å². The molecule has 0 fully saturated rings. The number of ether oxygens (including phenoxy) is 1. The van der Waals surface area contributed by atoms with Crippen LogP contribution in [0.25, 0.3) is 0 Å². The molecule has 4 N–H and O–H groups in total. The monoisotopic (exact) mass is 275 g/mol. The average molecular weight is 276 g/mol. The third-order valence-electron chi connectivity index (χ3n) is 1.98. The molecular formula is C10H14BrNO3. The number of phenols is 1. The van der Waals surface area contributed by atoms with E-state index in [4.69, 9.17) is 15.6 Å². The van der Waals surface area contributed by atoms with Crippen LogP contribution in [0.3, 0.4) is 0 Å². The molecule has 0 amide bonds. The summed E-state index contributed by atoms with van der Waals surface area (Å²) >= 11 is 3.20. The SMILES string of the molecule is CCOc1cc([C@@H](N)CO)cc(Br)c1O. The smallest absolute Gasteiger partial charge is 0.172 e. The van der Waals surface area contributed by atoms with Gasteiger partial charge in [0, 0.05) is 0 Å². The molecule has 0 saturated heterocycles. The minimum absolute atomic E-state index is 0.0470. The molecule has 84 valence electrons. The van der Waals surface area contributed by atoms with Crippen molar-refractivity contribution in [3.8, 4) is 11.5 Å². The third-order valence-corrected chi connectivity index (χ3v) is 2.58. The Hall–Kier alpha value is -0.780. The standard InChI is InChI=1S/C10H14BrNO3/c1-2-15-9-4-6(8(12)5-13)3-7(11)10(9)14/h3-4,8,13-14H,2,5,12H2,1H3/t8-/m0/s1. The first-order valence-corrected chi connectivity index (χ1v) is 5.41. The predicted octanol–water partition coefficient (Wildman–Crippen LogP) is 1.55. The lowest BCUT2D eigenvalue weighted by molar-refractivity contribution is 0.267. The first-order chi connectivity index (χ1) is 7.10. The molecule has 0 spiro atoms. The molecule has 5 heteroatoms. The lowest BCUT2D eigenvalue weighted by Crippen LogP contribution is -2.14. The van der Waals surface area contributed by atoms with E-state index in [-0.39, 0.29) is 12.4 Å². The first kappa shape index (κ1) is 12.3. The Balaban J connectivity index is 3.11. The van der Waals surface area contributed by atoms with Crippen LogP contribution < -0.4 is 10.5 Å². The van der Waals surface area contributed by atoms with Gasteiger partial charge in [-0.15, -0.1) is 0 Å². The molecule has 15 heavy (non-hydrogen) atoms. The second-order valence-corrected chi connectivity index (χ2v) is 3.93. The molecule has 0 aliphatic rings. The molecule has 0 aliphatic heterocycles. The van der Waals surface area contributed by atoms with Crippen molar-refractivity contribution < 1.29 is 14.9 Å². The molecule has 1 aromatic carbocycles. The maximum absolute atomic E-state index is 9.63. The summed E-state index contributed by atoms with van der Waals surface area (Å²) in [4.78, 5) is 0. The number of hydrogen-bond donors (Lipinski definition) is 3. The second-order valence-electron chi connectivity index (χ2n) is 3.07. The van der Waals surface area contributed by atoms with E-state index in [1.807, 2.05) is 6.92 Å². The van der Waals surface area contributed by atoms with Crippen LogP contribution in [0.15, 0.2) is 16.6 Å². The van der Waals surface area contributed by atoms with Gasteiger partial charge < -0.3 is 20.7 Å². The van der Waals surface area contributed by atoms with E-state index < -0.39 is 6.04 Å². The molecular weight excluding hydrogens is 262 g/mol. The van der Waals surface area contributed by atoms with E-state index in [1.54, 1.807) is 12.1 Å². The zero-order valence-electron chi connectivity index (χ0n) is 8.40. The van der Waals surface area contributed by atoms with E-state index in [0.717, 1.165) is 0 Å². The number of aliphatic hydroxyl groups excluding tert-OH is 1. The number of nitrogens with two attached hydrogens (primary N) is 1. The van der Waals surface area contributed by atoms with E-state index in [9.17, 15) is 5.11 Å². The van der Waals surface area contributed by atoms with Crippen LogP contribution in [0.4, 0.5) is 0 Å². The van der Waals surface area contributed by atoms with Crippen molar-refractivity contribution >= 4 is 15.9 Å². The van der Waals surface area contributed by atoms with Crippen LogP contribution >= 0.6 is 15.9 Å². The summed E-state index contributed by atoms with van der Waals surface area (Å²) in [5, 5.41) is 18.6. The molecule has 0 aliphatic carbocycles. The third kappa shape index (κ3) is 2.84. The highest BCUT2D eigenvalue weighted by molar-refractivity contribution is 9.10. The molecule has 1 aromatic rings. The topological polar surface area (TPSA) is 75.7 Å². The van der Waals surface area contributed by atoms with Gasteiger partial charge in [0.2, 0.25) is 0 Å². The zero-order valence-corrected chi connectivity index (χ0v) is 9.99. The number of hydrogen-bond acceptors (Lipinski definition) is 4. The molecule has 0 radical (unpaired) electrons. The van der Waals surface area contributed by atoms with Crippen LogP contribution in [0, 0.1) is 0 Å². The summed E-state index contributed by atoms with van der Waals surface area (Å²) in [6.45, 7) is 2.13. The summed E-state index contributed by atoms with van der Waals surface area (Å²) in [5.41, 5.74) is 6.38. The normalized spacial score (nSPS) is 12.5. The summed E-state index contributed by atoms with van der Waals surface area (Å²) in [7, 11) is 0. The Labute approximate surface area is 96.8 Å². The minimum atomic E-state index is -0.471. The van der Waals surface area contributed by atoms with Crippen molar-refractivity contribution in [3.05, 3.63) is 22.2 Å². The Morgan fingerprint density at radius 1 is 1.53 bits per heavy atom. The van der Waals surface area contributed by atoms with Gasteiger partial charge in [-0.05, 0) is 40.5 Å². The molecule has 0 aromatic heterocycles. The van der Waals surface area contributed by atoms with E-state index in [2.05, 4.69) is 15.9 Å². The molecule has 1 rings (SSSR count). The quantitative estimate of drug-likeness (QED) is 0.779. The van der Waals surface area contributed by atoms with Crippen molar-refractivity contribution in [2.75, 3.05) is 13.2 Å². The summed E-state index contributed by atoms with van der Waals surface area (Å²) in [6.07, 6.45) is 0. The predicted molar refractivity (Wildman–Crippen MR) is 61.0 cm³/mol. The van der Waals surface area contributed by atoms with Crippen LogP contribution in [-0.2, 0) is 0 Å². The van der Waals surface area contributed by atoms with Crippen LogP contribution in [0.1, 0.15) is 18.5 Å². The van der Waals surface area contributed by atoms with E-state index in [0.29, 0.717) is 22.4 Å². The zero-order chi connectivity index (χ0) is 11.4. The largest absolute Gasteiger partial charge is 0.503 e. The highest BCUT2D eigenvalue weighted by atomic mass is 79.9. The molecule has 0 saturated carbocycles. The number of aromatic hydroxyl groups is 1. The minimum Gasteiger partial charge on any atom is -0.503 e. The van der Waals surface area contributed by atoms with Gasteiger partial charge in [-0.2, -0.15) is 0 Å². The number of rotatable bonds is 4. The van der Waals surface area contributed by atoms with Gasteiger partial charge in [0.05, 0.1) is 23.7 Å². The van der Waals surface area contributed by atoms with Gasteiger partial charge >= 0.3 is 0 Å². The second kappa shape index (κ2) is 5.34. The number of phenolic OH excluding ortho intramolecular Hbond substituents is 1. The maximum Gasteiger partial charge on any atom is 0.172 e. The van der Waals surface area contributed by atoms with Gasteiger partial charge in [-0.25, -0.2) is 0 Å². The summed E-state index contributed by atoms with van der Waals surface area (Å²) < 4.78 is 5.74. The number of benzene rings is 1. The Bertz CT molecular complexity index is 344. The fraction of sp³-hybridized carbons (Fsp3) is 0.400. The van der Waals surface area contributed by atoms with Gasteiger partial charge in [0.1, 0.15) is 0 Å². The van der Waals surface area contributed by atoms with E-state index >= 15 is 0 Å². The Morgan fingerprint density at radius 2 is 2.20 bits per heavy atom. The van der Waals surface area contributed by atoms with Crippen LogP contribution in [-0.4, -0.2) is 23.4 Å². The van der Waals surface area contributed by atoms with Crippen molar-refractivity contribution in [3.63, 3.8) is 0 Å². The molecule has 0 heterocycles. The van der Waals surface area contributed by atoms with Crippen molar-refractivity contribution in [2.24, 2.45) is 5.73 Å². The Morgan fingerprint density at radius 3 is 2.73 bits per heavy atom. The lowest BCUT2D eigenvalue weighted by Gasteiger charge is -2.13. The van der Waals surface area contributed by atoms with Crippen LogP contribution in [0.5, 0.6) is 11.5 Å². The number of halogens is 1. The van der Waals surface area contributed by atoms with Crippen molar-refractivity contribution in [1.82, 2.24) is 0 Å².